The first-order valence-corrected chi connectivity index (χ1v) is 9.04. The minimum Gasteiger partial charge on any atom is -0.381 e. The number of ether oxygens (including phenoxy) is 1. The molecule has 1 N–H and O–H groups in total. The molecule has 2 aromatic carbocycles. The second-order valence-corrected chi connectivity index (χ2v) is 7.09. The topological polar surface area (TPSA) is 75.7 Å². The molecule has 28 heavy (non-hydrogen) atoms. The van der Waals surface area contributed by atoms with Crippen molar-refractivity contribution in [3.63, 3.8) is 0 Å². The summed E-state index contributed by atoms with van der Waals surface area (Å²) in [5, 5.41) is 2.88. The van der Waals surface area contributed by atoms with Crippen LogP contribution in [0, 0.1) is 5.82 Å². The van der Waals surface area contributed by atoms with E-state index in [0.29, 0.717) is 37.3 Å². The van der Waals surface area contributed by atoms with Gasteiger partial charge in [-0.05, 0) is 48.7 Å². The highest BCUT2D eigenvalue weighted by atomic mass is 19.1. The van der Waals surface area contributed by atoms with Gasteiger partial charge in [0, 0.05) is 25.9 Å². The van der Waals surface area contributed by atoms with E-state index in [1.807, 2.05) is 0 Å². The maximum Gasteiger partial charge on any atom is 0.261 e. The summed E-state index contributed by atoms with van der Waals surface area (Å²) in [6.45, 7) is 0.847. The molecule has 3 amide bonds. The molecule has 0 aliphatic carbocycles. The van der Waals surface area contributed by atoms with E-state index < -0.39 is 11.3 Å². The molecule has 1 fully saturated rings. The summed E-state index contributed by atoms with van der Waals surface area (Å²) in [6, 6.07) is 10.6. The second kappa shape index (κ2) is 6.83. The van der Waals surface area contributed by atoms with Crippen molar-refractivity contribution in [2.75, 3.05) is 25.6 Å². The number of rotatable bonds is 3. The van der Waals surface area contributed by atoms with E-state index in [0.717, 1.165) is 10.5 Å². The van der Waals surface area contributed by atoms with Gasteiger partial charge in [-0.15, -0.1) is 0 Å². The molecule has 0 bridgehead atoms. The third-order valence-corrected chi connectivity index (χ3v) is 5.53. The zero-order valence-corrected chi connectivity index (χ0v) is 15.3. The Morgan fingerprint density at radius 3 is 2.36 bits per heavy atom. The van der Waals surface area contributed by atoms with E-state index in [-0.39, 0.29) is 23.2 Å². The number of benzene rings is 2. The summed E-state index contributed by atoms with van der Waals surface area (Å²) >= 11 is 0. The third kappa shape index (κ3) is 2.88. The summed E-state index contributed by atoms with van der Waals surface area (Å²) in [4.78, 5) is 38.5. The normalized spacial score (nSPS) is 18.1. The number of carbonyl (C=O) groups excluding carboxylic acids is 3. The van der Waals surface area contributed by atoms with Gasteiger partial charge in [-0.2, -0.15) is 0 Å². The summed E-state index contributed by atoms with van der Waals surface area (Å²) in [5.41, 5.74) is 0.912. The number of hydrogen-bond donors (Lipinski definition) is 1. The number of amides is 3. The van der Waals surface area contributed by atoms with Crippen LogP contribution in [0.1, 0.15) is 39.1 Å². The molecule has 0 saturated carbocycles. The van der Waals surface area contributed by atoms with Gasteiger partial charge in [-0.1, -0.05) is 12.1 Å². The van der Waals surface area contributed by atoms with Crippen LogP contribution < -0.4 is 5.32 Å². The molecule has 2 heterocycles. The first-order valence-electron chi connectivity index (χ1n) is 9.04. The van der Waals surface area contributed by atoms with Gasteiger partial charge in [0.1, 0.15) is 5.82 Å². The first kappa shape index (κ1) is 18.3. The van der Waals surface area contributed by atoms with Gasteiger partial charge in [0.15, 0.2) is 0 Å². The Kier molecular flexibility index (Phi) is 4.47. The highest BCUT2D eigenvalue weighted by Crippen LogP contribution is 2.36. The summed E-state index contributed by atoms with van der Waals surface area (Å²) < 4.78 is 18.8. The standard InChI is InChI=1S/C21H19FN2O4/c1-24-18(25)16-7-6-15(12-17(16)19(24)26)23-20(27)21(8-10-28-11-9-21)13-2-4-14(22)5-3-13/h2-7,12H,8-11H2,1H3,(H,23,27). The van der Waals surface area contributed by atoms with Crippen LogP contribution in [0.3, 0.4) is 0 Å². The first-order chi connectivity index (χ1) is 13.4. The molecule has 4 rings (SSSR count). The van der Waals surface area contributed by atoms with Crippen molar-refractivity contribution in [1.82, 2.24) is 4.90 Å². The number of hydrogen-bond acceptors (Lipinski definition) is 4. The smallest absolute Gasteiger partial charge is 0.261 e. The number of imide groups is 1. The fourth-order valence-corrected chi connectivity index (χ4v) is 3.83. The van der Waals surface area contributed by atoms with Gasteiger partial charge in [0.05, 0.1) is 16.5 Å². The molecule has 0 atom stereocenters. The average molecular weight is 382 g/mol. The van der Waals surface area contributed by atoms with E-state index in [4.69, 9.17) is 4.74 Å². The highest BCUT2D eigenvalue weighted by Gasteiger charge is 2.42. The molecule has 6 nitrogen and oxygen atoms in total. The summed E-state index contributed by atoms with van der Waals surface area (Å²) in [5.74, 6) is -1.36. The zero-order valence-electron chi connectivity index (χ0n) is 15.3. The molecule has 0 spiro atoms. The van der Waals surface area contributed by atoms with Gasteiger partial charge < -0.3 is 10.1 Å². The van der Waals surface area contributed by atoms with Gasteiger partial charge in [0.2, 0.25) is 5.91 Å². The van der Waals surface area contributed by atoms with Gasteiger partial charge in [-0.25, -0.2) is 4.39 Å². The van der Waals surface area contributed by atoms with E-state index >= 15 is 0 Å². The van der Waals surface area contributed by atoms with Crippen LogP contribution in [0.4, 0.5) is 10.1 Å². The van der Waals surface area contributed by atoms with Crippen LogP contribution in [0.2, 0.25) is 0 Å². The maximum absolute atomic E-state index is 13.4. The minimum atomic E-state index is -0.846. The van der Waals surface area contributed by atoms with E-state index in [1.54, 1.807) is 24.3 Å². The third-order valence-electron chi connectivity index (χ3n) is 5.53. The number of halogens is 1. The van der Waals surface area contributed by atoms with Crippen LogP contribution in [-0.2, 0) is 14.9 Å². The highest BCUT2D eigenvalue weighted by molar-refractivity contribution is 6.21. The lowest BCUT2D eigenvalue weighted by atomic mass is 9.73. The number of nitrogens with zero attached hydrogens (tertiary/aromatic N) is 1. The van der Waals surface area contributed by atoms with E-state index in [2.05, 4.69) is 5.32 Å². The van der Waals surface area contributed by atoms with Crippen LogP contribution in [0.25, 0.3) is 0 Å². The quantitative estimate of drug-likeness (QED) is 0.829. The van der Waals surface area contributed by atoms with Crippen LogP contribution >= 0.6 is 0 Å². The number of anilines is 1. The molecular weight excluding hydrogens is 363 g/mol. The molecule has 2 aliphatic rings. The molecule has 0 radical (unpaired) electrons. The Morgan fingerprint density at radius 2 is 1.68 bits per heavy atom. The predicted molar refractivity (Wildman–Crippen MR) is 99.6 cm³/mol. The second-order valence-electron chi connectivity index (χ2n) is 7.09. The SMILES string of the molecule is CN1C(=O)c2ccc(NC(=O)C3(c4ccc(F)cc4)CCOCC3)cc2C1=O. The molecule has 0 aromatic heterocycles. The van der Waals surface area contributed by atoms with Crippen molar-refractivity contribution in [3.05, 3.63) is 65.0 Å². The minimum absolute atomic E-state index is 0.243. The predicted octanol–water partition coefficient (Wildman–Crippen LogP) is 2.74. The van der Waals surface area contributed by atoms with Crippen LogP contribution in [-0.4, -0.2) is 42.9 Å². The molecule has 2 aromatic rings. The Balaban J connectivity index is 1.65. The number of nitrogens with one attached hydrogen (secondary N) is 1. The van der Waals surface area contributed by atoms with Gasteiger partial charge in [-0.3, -0.25) is 19.3 Å². The summed E-state index contributed by atoms with van der Waals surface area (Å²) in [6.07, 6.45) is 0.936. The van der Waals surface area contributed by atoms with Crippen molar-refractivity contribution in [2.45, 2.75) is 18.3 Å². The van der Waals surface area contributed by atoms with Crippen LogP contribution in [0.15, 0.2) is 42.5 Å². The van der Waals surface area contributed by atoms with E-state index in [9.17, 15) is 18.8 Å². The fourth-order valence-electron chi connectivity index (χ4n) is 3.83. The Hall–Kier alpha value is -3.06. The Labute approximate surface area is 161 Å². The summed E-state index contributed by atoms with van der Waals surface area (Å²) in [7, 11) is 1.43. The number of carbonyl (C=O) groups is 3. The molecule has 2 aliphatic heterocycles. The van der Waals surface area contributed by atoms with Crippen LogP contribution in [0.5, 0.6) is 0 Å². The molecule has 7 heteroatoms. The Morgan fingerprint density at radius 1 is 1.04 bits per heavy atom. The largest absolute Gasteiger partial charge is 0.381 e. The maximum atomic E-state index is 13.4. The monoisotopic (exact) mass is 382 g/mol. The molecule has 0 unspecified atom stereocenters. The number of fused-ring (bicyclic) bond motifs is 1. The zero-order chi connectivity index (χ0) is 19.9. The van der Waals surface area contributed by atoms with Crippen molar-refractivity contribution in [1.29, 1.82) is 0 Å². The van der Waals surface area contributed by atoms with Crippen molar-refractivity contribution >= 4 is 23.4 Å². The lowest BCUT2D eigenvalue weighted by Gasteiger charge is -2.36. The average Bonchev–Trinajstić information content (AvgIpc) is 2.93. The van der Waals surface area contributed by atoms with Crippen molar-refractivity contribution in [3.8, 4) is 0 Å². The van der Waals surface area contributed by atoms with E-state index in [1.165, 1.54) is 25.2 Å². The molecule has 144 valence electrons. The van der Waals surface area contributed by atoms with Crippen molar-refractivity contribution < 1.29 is 23.5 Å². The molecule has 1 saturated heterocycles. The van der Waals surface area contributed by atoms with Gasteiger partial charge in [0.25, 0.3) is 11.8 Å². The lowest BCUT2D eigenvalue weighted by Crippen LogP contribution is -2.44. The molecular formula is C21H19FN2O4. The lowest BCUT2D eigenvalue weighted by molar-refractivity contribution is -0.125. The van der Waals surface area contributed by atoms with Gasteiger partial charge >= 0.3 is 0 Å². The van der Waals surface area contributed by atoms with Crippen molar-refractivity contribution in [2.24, 2.45) is 0 Å². The fraction of sp³-hybridized carbons (Fsp3) is 0.286. The Bertz CT molecular complexity index is 965.